The Bertz CT molecular complexity index is 564. The van der Waals surface area contributed by atoms with Crippen LogP contribution < -0.4 is 0 Å². The molecule has 0 N–H and O–H groups in total. The molecule has 1 aromatic rings. The molecule has 1 unspecified atom stereocenters. The Balaban J connectivity index is 2.84. The maximum absolute atomic E-state index is 12.7. The molecule has 1 rings (SSSR count). The van der Waals surface area contributed by atoms with Crippen LogP contribution in [0.2, 0.25) is 0 Å². The van der Waals surface area contributed by atoms with Gasteiger partial charge in [-0.05, 0) is 30.4 Å². The zero-order chi connectivity index (χ0) is 16.8. The number of rotatable bonds is 6. The largest absolute Gasteiger partial charge is 0.500 e. The minimum absolute atomic E-state index is 0.0689. The van der Waals surface area contributed by atoms with Crippen molar-refractivity contribution in [3.8, 4) is 6.07 Å². The number of allylic oxidation sites excluding steroid dienone is 2. The van der Waals surface area contributed by atoms with E-state index in [0.717, 1.165) is 6.07 Å². The quantitative estimate of drug-likeness (QED) is 0.519. The second kappa shape index (κ2) is 7.88. The number of hydrogen-bond acceptors (Lipinski definition) is 2. The Kier molecular flexibility index (Phi) is 6.48. The van der Waals surface area contributed by atoms with Crippen LogP contribution in [0.1, 0.15) is 50.2 Å². The second-order valence-corrected chi connectivity index (χ2v) is 5.13. The molecule has 0 aromatic heterocycles. The monoisotopic (exact) mass is 311 g/mol. The average Bonchev–Trinajstić information content (AvgIpc) is 2.50. The van der Waals surface area contributed by atoms with Crippen molar-refractivity contribution < 1.29 is 17.9 Å². The van der Waals surface area contributed by atoms with Crippen molar-refractivity contribution in [2.45, 2.75) is 45.2 Å². The van der Waals surface area contributed by atoms with E-state index >= 15 is 0 Å². The van der Waals surface area contributed by atoms with Crippen molar-refractivity contribution in [2.24, 2.45) is 0 Å². The number of methoxy groups -OCH3 is 1. The highest BCUT2D eigenvalue weighted by Gasteiger charge is 2.30. The molecule has 5 heteroatoms. The molecule has 2 nitrogen and oxygen atoms in total. The van der Waals surface area contributed by atoms with Gasteiger partial charge in [0.15, 0.2) is 0 Å². The first-order valence-corrected chi connectivity index (χ1v) is 7.16. The van der Waals surface area contributed by atoms with E-state index in [1.54, 1.807) is 6.07 Å². The fourth-order valence-corrected chi connectivity index (χ4v) is 2.29. The number of nitrogens with zero attached hydrogens (tertiary/aromatic N) is 1. The van der Waals surface area contributed by atoms with Crippen molar-refractivity contribution in [3.63, 3.8) is 0 Å². The van der Waals surface area contributed by atoms with Crippen LogP contribution in [0.5, 0.6) is 0 Å². The van der Waals surface area contributed by atoms with E-state index in [1.165, 1.54) is 19.2 Å². The Labute approximate surface area is 129 Å². The van der Waals surface area contributed by atoms with Gasteiger partial charge in [-0.3, -0.25) is 0 Å². The van der Waals surface area contributed by atoms with Gasteiger partial charge in [0.25, 0.3) is 0 Å². The predicted octanol–water partition coefficient (Wildman–Crippen LogP) is 5.42. The summed E-state index contributed by atoms with van der Waals surface area (Å²) in [6, 6.07) is 7.47. The molecular weight excluding hydrogens is 291 g/mol. The van der Waals surface area contributed by atoms with Crippen molar-refractivity contribution in [2.75, 3.05) is 7.11 Å². The molecule has 0 aliphatic heterocycles. The lowest BCUT2D eigenvalue weighted by molar-refractivity contribution is -0.137. The van der Waals surface area contributed by atoms with Gasteiger partial charge in [0, 0.05) is 6.42 Å². The van der Waals surface area contributed by atoms with Gasteiger partial charge >= 0.3 is 6.18 Å². The molecule has 1 aromatic carbocycles. The van der Waals surface area contributed by atoms with Crippen LogP contribution in [0, 0.1) is 11.3 Å². The molecule has 0 amide bonds. The molecule has 0 saturated heterocycles. The van der Waals surface area contributed by atoms with Crippen LogP contribution in [-0.4, -0.2) is 7.11 Å². The fourth-order valence-electron chi connectivity index (χ4n) is 2.29. The molecule has 0 fully saturated rings. The maximum atomic E-state index is 12.7. The van der Waals surface area contributed by atoms with E-state index in [4.69, 9.17) is 10.00 Å². The summed E-state index contributed by atoms with van der Waals surface area (Å²) in [7, 11) is 1.52. The Morgan fingerprint density at radius 2 is 2.05 bits per heavy atom. The number of alkyl halides is 3. The van der Waals surface area contributed by atoms with E-state index in [9.17, 15) is 13.2 Å². The smallest absolute Gasteiger partial charge is 0.416 e. The SMILES string of the molecule is CC/C(OC)=C(\C#N)CCC(C)c1cccc(C(F)(F)F)c1. The third kappa shape index (κ3) is 4.80. The normalized spacial score (nSPS) is 14.0. The highest BCUT2D eigenvalue weighted by molar-refractivity contribution is 5.29. The van der Waals surface area contributed by atoms with Crippen LogP contribution in [0.4, 0.5) is 13.2 Å². The standard InChI is InChI=1S/C17H20F3NO/c1-4-16(22-3)14(11-21)9-8-12(2)13-6-5-7-15(10-13)17(18,19)20/h5-7,10,12H,4,8-9H2,1-3H3/b16-14+. The summed E-state index contributed by atoms with van der Waals surface area (Å²) in [6.07, 6.45) is -2.63. The van der Waals surface area contributed by atoms with Crippen molar-refractivity contribution in [1.82, 2.24) is 0 Å². The molecular formula is C17H20F3NO. The van der Waals surface area contributed by atoms with E-state index in [1.807, 2.05) is 13.8 Å². The summed E-state index contributed by atoms with van der Waals surface area (Å²) in [4.78, 5) is 0. The van der Waals surface area contributed by atoms with Crippen LogP contribution >= 0.6 is 0 Å². The first kappa shape index (κ1) is 18.1. The zero-order valence-electron chi connectivity index (χ0n) is 13.0. The number of hydrogen-bond donors (Lipinski definition) is 0. The van der Waals surface area contributed by atoms with E-state index in [-0.39, 0.29) is 5.92 Å². The molecule has 0 aliphatic carbocycles. The summed E-state index contributed by atoms with van der Waals surface area (Å²) in [6.45, 7) is 3.76. The molecule has 0 bridgehead atoms. The van der Waals surface area contributed by atoms with Crippen LogP contribution in [-0.2, 0) is 10.9 Å². The lowest BCUT2D eigenvalue weighted by Gasteiger charge is -2.15. The van der Waals surface area contributed by atoms with Gasteiger partial charge in [-0.2, -0.15) is 18.4 Å². The molecule has 22 heavy (non-hydrogen) atoms. The third-order valence-electron chi connectivity index (χ3n) is 3.65. The molecule has 120 valence electrons. The lowest BCUT2D eigenvalue weighted by Crippen LogP contribution is -2.06. The Morgan fingerprint density at radius 3 is 2.55 bits per heavy atom. The number of benzene rings is 1. The third-order valence-corrected chi connectivity index (χ3v) is 3.65. The topological polar surface area (TPSA) is 33.0 Å². The number of halogens is 3. The number of nitriles is 1. The van der Waals surface area contributed by atoms with Gasteiger partial charge in [0.2, 0.25) is 0 Å². The Hall–Kier alpha value is -1.96. The number of ether oxygens (including phenoxy) is 1. The van der Waals surface area contributed by atoms with Crippen LogP contribution in [0.3, 0.4) is 0 Å². The highest BCUT2D eigenvalue weighted by Crippen LogP contribution is 2.32. The van der Waals surface area contributed by atoms with Gasteiger partial charge in [-0.15, -0.1) is 0 Å². The minimum atomic E-state index is -4.33. The summed E-state index contributed by atoms with van der Waals surface area (Å²) in [5.41, 5.74) is 0.547. The van der Waals surface area contributed by atoms with Gasteiger partial charge in [-0.1, -0.05) is 32.0 Å². The molecule has 0 heterocycles. The van der Waals surface area contributed by atoms with Gasteiger partial charge in [-0.25, -0.2) is 0 Å². The summed E-state index contributed by atoms with van der Waals surface area (Å²) in [5.74, 6) is 0.569. The average molecular weight is 311 g/mol. The molecule has 0 spiro atoms. The Morgan fingerprint density at radius 1 is 1.36 bits per heavy atom. The zero-order valence-corrected chi connectivity index (χ0v) is 13.0. The summed E-state index contributed by atoms with van der Waals surface area (Å²) >= 11 is 0. The van der Waals surface area contributed by atoms with Gasteiger partial charge < -0.3 is 4.74 Å². The molecule has 0 saturated carbocycles. The predicted molar refractivity (Wildman–Crippen MR) is 79.0 cm³/mol. The second-order valence-electron chi connectivity index (χ2n) is 5.13. The highest BCUT2D eigenvalue weighted by atomic mass is 19.4. The first-order chi connectivity index (χ1) is 10.3. The van der Waals surface area contributed by atoms with E-state index < -0.39 is 11.7 Å². The van der Waals surface area contributed by atoms with Crippen LogP contribution in [0.25, 0.3) is 0 Å². The molecule has 1 atom stereocenters. The first-order valence-electron chi connectivity index (χ1n) is 7.16. The van der Waals surface area contributed by atoms with Crippen molar-refractivity contribution in [3.05, 3.63) is 46.7 Å². The lowest BCUT2D eigenvalue weighted by atomic mass is 9.92. The van der Waals surface area contributed by atoms with E-state index in [2.05, 4.69) is 6.07 Å². The maximum Gasteiger partial charge on any atom is 0.416 e. The van der Waals surface area contributed by atoms with Crippen molar-refractivity contribution >= 4 is 0 Å². The van der Waals surface area contributed by atoms with Gasteiger partial charge in [0.05, 0.1) is 24.3 Å². The fraction of sp³-hybridized carbons (Fsp3) is 0.471. The van der Waals surface area contributed by atoms with Gasteiger partial charge in [0.1, 0.15) is 5.76 Å². The van der Waals surface area contributed by atoms with Crippen molar-refractivity contribution in [1.29, 1.82) is 5.26 Å². The minimum Gasteiger partial charge on any atom is -0.500 e. The summed E-state index contributed by atoms with van der Waals surface area (Å²) in [5, 5.41) is 9.16. The summed E-state index contributed by atoms with van der Waals surface area (Å²) < 4.78 is 43.4. The van der Waals surface area contributed by atoms with Crippen LogP contribution in [0.15, 0.2) is 35.6 Å². The van der Waals surface area contributed by atoms with E-state index in [0.29, 0.717) is 36.2 Å². The molecule has 0 radical (unpaired) electrons. The molecule has 0 aliphatic rings.